The predicted octanol–water partition coefficient (Wildman–Crippen LogP) is 1.39. The standard InChI is InChI=1S/C27H46N6O7/c1-27(2)18-22(34)32(13-4-3-12-30-14-16-31(17-15-30)25-28-10-5-11-29-25)24(35)23(27)40-26(36)39-19-20-6-8-21(9-7-20)33(37)38/h20-21,23,25,28-29H,3-19H2,1-2H3. The van der Waals surface area contributed by atoms with Crippen molar-refractivity contribution in [3.05, 3.63) is 10.1 Å². The first-order chi connectivity index (χ1) is 19.1. The third-order valence-corrected chi connectivity index (χ3v) is 8.78. The van der Waals surface area contributed by atoms with Crippen LogP contribution in [0.2, 0.25) is 0 Å². The number of ether oxygens (including phenoxy) is 2. The summed E-state index contributed by atoms with van der Waals surface area (Å²) < 4.78 is 10.8. The van der Waals surface area contributed by atoms with Crippen molar-refractivity contribution in [1.29, 1.82) is 0 Å². The summed E-state index contributed by atoms with van der Waals surface area (Å²) in [7, 11) is 0. The molecule has 2 N–H and O–H groups in total. The smallest absolute Gasteiger partial charge is 0.434 e. The maximum absolute atomic E-state index is 13.3. The molecule has 3 aliphatic heterocycles. The minimum Gasteiger partial charge on any atom is -0.434 e. The Bertz CT molecular complexity index is 896. The average molecular weight is 567 g/mol. The summed E-state index contributed by atoms with van der Waals surface area (Å²) in [5.74, 6) is -0.696. The topological polar surface area (TPSA) is 147 Å². The normalized spacial score (nSPS) is 28.9. The molecular weight excluding hydrogens is 520 g/mol. The summed E-state index contributed by atoms with van der Waals surface area (Å²) >= 11 is 0. The van der Waals surface area contributed by atoms with Crippen LogP contribution in [0, 0.1) is 21.4 Å². The van der Waals surface area contributed by atoms with Crippen LogP contribution in [0.1, 0.15) is 65.2 Å². The van der Waals surface area contributed by atoms with E-state index in [1.165, 1.54) is 4.90 Å². The van der Waals surface area contributed by atoms with Gasteiger partial charge in [-0.3, -0.25) is 40.1 Å². The first-order valence-electron chi connectivity index (χ1n) is 14.9. The number of piperazine rings is 1. The van der Waals surface area contributed by atoms with E-state index < -0.39 is 29.6 Å². The van der Waals surface area contributed by atoms with Crippen molar-refractivity contribution in [3.63, 3.8) is 0 Å². The second-order valence-electron chi connectivity index (χ2n) is 12.3. The molecule has 13 nitrogen and oxygen atoms in total. The first kappa shape index (κ1) is 30.6. The molecule has 0 bridgehead atoms. The molecule has 0 aromatic rings. The van der Waals surface area contributed by atoms with E-state index in [1.54, 1.807) is 13.8 Å². The first-order valence-corrected chi connectivity index (χ1v) is 14.9. The summed E-state index contributed by atoms with van der Waals surface area (Å²) in [6.07, 6.45) is 3.20. The summed E-state index contributed by atoms with van der Waals surface area (Å²) in [5.41, 5.74) is -0.838. The Morgan fingerprint density at radius 3 is 2.33 bits per heavy atom. The maximum atomic E-state index is 13.3. The van der Waals surface area contributed by atoms with Gasteiger partial charge in [0, 0.05) is 62.3 Å². The molecular formula is C27H46N6O7. The van der Waals surface area contributed by atoms with Gasteiger partial charge in [0.15, 0.2) is 6.10 Å². The molecule has 0 aromatic carbocycles. The number of hydrogen-bond donors (Lipinski definition) is 2. The number of nitrogens with zero attached hydrogens (tertiary/aromatic N) is 4. The second-order valence-corrected chi connectivity index (χ2v) is 12.3. The lowest BCUT2D eigenvalue weighted by Gasteiger charge is -2.41. The largest absolute Gasteiger partial charge is 0.509 e. The molecule has 0 aromatic heterocycles. The molecule has 4 fully saturated rings. The predicted molar refractivity (Wildman–Crippen MR) is 146 cm³/mol. The molecule has 1 aliphatic carbocycles. The zero-order chi connectivity index (χ0) is 28.7. The van der Waals surface area contributed by atoms with Gasteiger partial charge in [0.1, 0.15) is 6.29 Å². The lowest BCUT2D eigenvalue weighted by Crippen LogP contribution is -2.62. The fourth-order valence-corrected chi connectivity index (χ4v) is 6.21. The molecule has 4 aliphatic rings. The Morgan fingerprint density at radius 2 is 1.68 bits per heavy atom. The minimum absolute atomic E-state index is 0.0421. The van der Waals surface area contributed by atoms with E-state index in [0.29, 0.717) is 38.6 Å². The Hall–Kier alpha value is -2.35. The van der Waals surface area contributed by atoms with Gasteiger partial charge in [0.25, 0.3) is 5.91 Å². The average Bonchev–Trinajstić information content (AvgIpc) is 2.94. The van der Waals surface area contributed by atoms with Crippen LogP contribution < -0.4 is 10.6 Å². The van der Waals surface area contributed by atoms with E-state index in [1.807, 2.05) is 0 Å². The van der Waals surface area contributed by atoms with Crippen LogP contribution in [0.25, 0.3) is 0 Å². The third-order valence-electron chi connectivity index (χ3n) is 8.78. The van der Waals surface area contributed by atoms with Crippen LogP contribution in [-0.4, -0.2) is 115 Å². The maximum Gasteiger partial charge on any atom is 0.509 e. The van der Waals surface area contributed by atoms with E-state index >= 15 is 0 Å². The van der Waals surface area contributed by atoms with Crippen LogP contribution in [0.3, 0.4) is 0 Å². The van der Waals surface area contributed by atoms with E-state index in [9.17, 15) is 24.5 Å². The highest BCUT2D eigenvalue weighted by atomic mass is 16.7. The Kier molecular flexibility index (Phi) is 10.7. The summed E-state index contributed by atoms with van der Waals surface area (Å²) in [6.45, 7) is 10.9. The Morgan fingerprint density at radius 1 is 1.02 bits per heavy atom. The van der Waals surface area contributed by atoms with Gasteiger partial charge in [0.2, 0.25) is 11.9 Å². The van der Waals surface area contributed by atoms with Crippen molar-refractivity contribution in [2.45, 2.75) is 83.6 Å². The van der Waals surface area contributed by atoms with Gasteiger partial charge in [-0.2, -0.15) is 0 Å². The van der Waals surface area contributed by atoms with Crippen LogP contribution in [0.4, 0.5) is 4.79 Å². The number of rotatable bonds is 10. The molecule has 1 unspecified atom stereocenters. The fraction of sp³-hybridized carbons (Fsp3) is 0.889. The molecule has 1 atom stereocenters. The van der Waals surface area contributed by atoms with E-state index in [-0.39, 0.29) is 36.1 Å². The fourth-order valence-electron chi connectivity index (χ4n) is 6.21. The van der Waals surface area contributed by atoms with E-state index in [2.05, 4.69) is 20.4 Å². The number of hydrogen-bond acceptors (Lipinski definition) is 11. The number of likely N-dealkylation sites (tertiary alicyclic amines) is 1. The monoisotopic (exact) mass is 566 g/mol. The number of unbranched alkanes of at least 4 members (excludes halogenated alkanes) is 1. The van der Waals surface area contributed by atoms with Crippen LogP contribution in [-0.2, 0) is 19.1 Å². The highest BCUT2D eigenvalue weighted by molar-refractivity contribution is 6.01. The van der Waals surface area contributed by atoms with Crippen molar-refractivity contribution >= 4 is 18.0 Å². The van der Waals surface area contributed by atoms with Gasteiger partial charge < -0.3 is 14.4 Å². The molecule has 1 saturated carbocycles. The number of piperidine rings is 1. The molecule has 0 spiro atoms. The van der Waals surface area contributed by atoms with Gasteiger partial charge in [-0.1, -0.05) is 13.8 Å². The highest BCUT2D eigenvalue weighted by Crippen LogP contribution is 2.35. The zero-order valence-electron chi connectivity index (χ0n) is 24.0. The van der Waals surface area contributed by atoms with Crippen LogP contribution in [0.5, 0.6) is 0 Å². The Balaban J connectivity index is 1.17. The Labute approximate surface area is 236 Å². The van der Waals surface area contributed by atoms with E-state index in [4.69, 9.17) is 9.47 Å². The second kappa shape index (κ2) is 14.0. The van der Waals surface area contributed by atoms with Gasteiger partial charge in [-0.05, 0) is 57.7 Å². The quantitative estimate of drug-likeness (QED) is 0.130. The molecule has 40 heavy (non-hydrogen) atoms. The lowest BCUT2D eigenvalue weighted by molar-refractivity contribution is -0.527. The number of amides is 2. The van der Waals surface area contributed by atoms with Crippen molar-refractivity contribution in [3.8, 4) is 0 Å². The molecule has 2 amide bonds. The van der Waals surface area contributed by atoms with Gasteiger partial charge >= 0.3 is 6.16 Å². The number of imide groups is 1. The van der Waals surface area contributed by atoms with Gasteiger partial charge in [-0.15, -0.1) is 0 Å². The van der Waals surface area contributed by atoms with Crippen molar-refractivity contribution in [2.75, 3.05) is 59.0 Å². The minimum atomic E-state index is -1.10. The van der Waals surface area contributed by atoms with Gasteiger partial charge in [0.05, 0.1) is 6.61 Å². The number of nitro groups is 1. The number of carbonyl (C=O) groups excluding carboxylic acids is 3. The van der Waals surface area contributed by atoms with Crippen LogP contribution >= 0.6 is 0 Å². The summed E-state index contributed by atoms with van der Waals surface area (Å²) in [4.78, 5) is 55.3. The van der Waals surface area contributed by atoms with Gasteiger partial charge in [-0.25, -0.2) is 4.79 Å². The molecule has 0 radical (unpaired) electrons. The zero-order valence-corrected chi connectivity index (χ0v) is 24.0. The van der Waals surface area contributed by atoms with Crippen LogP contribution in [0.15, 0.2) is 0 Å². The SMILES string of the molecule is CC1(C)CC(=O)N(CCCCN2CCN(C3NCCCN3)CC2)C(=O)C1OC(=O)OCC1CCC([N+](=O)[O-])CC1. The lowest BCUT2D eigenvalue weighted by atomic mass is 9.79. The summed E-state index contributed by atoms with van der Waals surface area (Å²) in [5, 5.41) is 18.0. The third kappa shape index (κ3) is 8.11. The molecule has 13 heteroatoms. The number of carbonyl (C=O) groups is 3. The number of nitrogens with one attached hydrogen (secondary N) is 2. The van der Waals surface area contributed by atoms with Crippen molar-refractivity contribution in [1.82, 2.24) is 25.3 Å². The molecule has 226 valence electrons. The highest BCUT2D eigenvalue weighted by Gasteiger charge is 2.49. The van der Waals surface area contributed by atoms with Crippen molar-refractivity contribution < 1.29 is 28.8 Å². The molecule has 3 heterocycles. The summed E-state index contributed by atoms with van der Waals surface area (Å²) in [6, 6.07) is -0.529. The van der Waals surface area contributed by atoms with Crippen molar-refractivity contribution in [2.24, 2.45) is 11.3 Å². The molecule has 4 rings (SSSR count). The molecule has 3 saturated heterocycles. The van der Waals surface area contributed by atoms with E-state index in [0.717, 1.165) is 58.7 Å².